The SMILES string of the molecule is Nc1nc(-c2nc3ccccc3s2)c(N=Nc2ccc(Cl)cc2)[se]1. The predicted molar refractivity (Wildman–Crippen MR) is 99.8 cm³/mol. The Bertz CT molecular complexity index is 1010. The number of nitrogens with two attached hydrogens (primary N) is 1. The Balaban J connectivity index is 1.73. The van der Waals surface area contributed by atoms with Crippen LogP contribution in [0, 0.1) is 0 Å². The molecule has 2 heterocycles. The molecule has 4 aromatic rings. The minimum atomic E-state index is -0.136. The summed E-state index contributed by atoms with van der Waals surface area (Å²) in [5.74, 6) is 0. The number of hydrogen-bond acceptors (Lipinski definition) is 6. The van der Waals surface area contributed by atoms with E-state index in [1.807, 2.05) is 36.4 Å². The van der Waals surface area contributed by atoms with Crippen LogP contribution in [0.2, 0.25) is 5.02 Å². The van der Waals surface area contributed by atoms with Gasteiger partial charge in [-0.2, -0.15) is 0 Å². The average molecular weight is 419 g/mol. The Morgan fingerprint density at radius 3 is 2.58 bits per heavy atom. The van der Waals surface area contributed by atoms with E-state index >= 15 is 0 Å². The maximum absolute atomic E-state index is 5.93. The first-order valence-electron chi connectivity index (χ1n) is 6.98. The third-order valence-electron chi connectivity index (χ3n) is 3.21. The summed E-state index contributed by atoms with van der Waals surface area (Å²) in [7, 11) is 0. The molecule has 0 saturated heterocycles. The first-order valence-corrected chi connectivity index (χ1v) is 9.89. The molecule has 0 amide bonds. The van der Waals surface area contributed by atoms with Crippen molar-refractivity contribution < 1.29 is 0 Å². The Hall–Kier alpha value is -2.05. The summed E-state index contributed by atoms with van der Waals surface area (Å²) < 4.78 is 2.48. The molecule has 2 aromatic carbocycles. The molecule has 24 heavy (non-hydrogen) atoms. The predicted octanol–water partition coefficient (Wildman–Crippen LogP) is 5.07. The minimum absolute atomic E-state index is 0.136. The van der Waals surface area contributed by atoms with Gasteiger partial charge in [0.2, 0.25) is 0 Å². The molecule has 5 nitrogen and oxygen atoms in total. The molecule has 2 aromatic heterocycles. The fourth-order valence-corrected chi connectivity index (χ4v) is 4.72. The van der Waals surface area contributed by atoms with Crippen molar-refractivity contribution >= 4 is 62.6 Å². The number of rotatable bonds is 3. The maximum atomic E-state index is 5.93. The van der Waals surface area contributed by atoms with Gasteiger partial charge in [-0.05, 0) is 0 Å². The molecular formula is C16H10ClN5SSe. The number of aromatic nitrogens is 2. The van der Waals surface area contributed by atoms with Gasteiger partial charge in [0.15, 0.2) is 0 Å². The van der Waals surface area contributed by atoms with Gasteiger partial charge in [0, 0.05) is 0 Å². The second-order valence-corrected chi connectivity index (χ2v) is 8.45. The molecule has 0 radical (unpaired) electrons. The van der Waals surface area contributed by atoms with E-state index in [2.05, 4.69) is 20.2 Å². The zero-order chi connectivity index (χ0) is 16.5. The van der Waals surface area contributed by atoms with Crippen LogP contribution >= 0.6 is 22.9 Å². The molecule has 2 N–H and O–H groups in total. The Labute approximate surface area is 152 Å². The van der Waals surface area contributed by atoms with Gasteiger partial charge < -0.3 is 0 Å². The van der Waals surface area contributed by atoms with Gasteiger partial charge in [0.05, 0.1) is 0 Å². The Morgan fingerprint density at radius 1 is 1.00 bits per heavy atom. The molecule has 0 saturated carbocycles. The normalized spacial score (nSPS) is 11.5. The van der Waals surface area contributed by atoms with Crippen LogP contribution in [0.5, 0.6) is 0 Å². The number of anilines is 1. The average Bonchev–Trinajstić information content (AvgIpc) is 3.17. The van der Waals surface area contributed by atoms with Gasteiger partial charge in [-0.25, -0.2) is 0 Å². The van der Waals surface area contributed by atoms with Crippen molar-refractivity contribution in [3.63, 3.8) is 0 Å². The summed E-state index contributed by atoms with van der Waals surface area (Å²) in [6, 6.07) is 15.2. The van der Waals surface area contributed by atoms with Crippen molar-refractivity contribution in [2.45, 2.75) is 0 Å². The van der Waals surface area contributed by atoms with Crippen LogP contribution in [-0.4, -0.2) is 24.5 Å². The van der Waals surface area contributed by atoms with Gasteiger partial charge in [-0.15, -0.1) is 0 Å². The molecule has 0 aliphatic heterocycles. The van der Waals surface area contributed by atoms with Crippen LogP contribution < -0.4 is 5.73 Å². The zero-order valence-corrected chi connectivity index (χ0v) is 15.5. The molecule has 0 aliphatic rings. The molecule has 8 heteroatoms. The summed E-state index contributed by atoms with van der Waals surface area (Å²) in [4.78, 5) is 9.07. The number of benzene rings is 2. The molecule has 0 fully saturated rings. The second-order valence-electron chi connectivity index (χ2n) is 4.87. The molecule has 4 rings (SSSR count). The molecule has 0 spiro atoms. The summed E-state index contributed by atoms with van der Waals surface area (Å²) in [5.41, 5.74) is 8.34. The monoisotopic (exact) mass is 419 g/mol. The first kappa shape index (κ1) is 15.5. The van der Waals surface area contributed by atoms with Crippen LogP contribution in [0.15, 0.2) is 58.8 Å². The van der Waals surface area contributed by atoms with Crippen molar-refractivity contribution in [3.05, 3.63) is 53.6 Å². The van der Waals surface area contributed by atoms with Crippen LogP contribution in [-0.2, 0) is 0 Å². The van der Waals surface area contributed by atoms with E-state index in [1.165, 1.54) is 0 Å². The molecular weight excluding hydrogens is 409 g/mol. The molecule has 0 bridgehead atoms. The zero-order valence-electron chi connectivity index (χ0n) is 12.2. The van der Waals surface area contributed by atoms with Gasteiger partial charge in [0.25, 0.3) is 0 Å². The van der Waals surface area contributed by atoms with E-state index in [0.29, 0.717) is 9.71 Å². The van der Waals surface area contributed by atoms with Crippen LogP contribution in [0.1, 0.15) is 0 Å². The van der Waals surface area contributed by atoms with E-state index in [1.54, 1.807) is 23.5 Å². The first-order chi connectivity index (χ1) is 11.7. The van der Waals surface area contributed by atoms with Crippen molar-refractivity contribution in [1.29, 1.82) is 0 Å². The number of para-hydroxylation sites is 1. The van der Waals surface area contributed by atoms with Crippen molar-refractivity contribution in [2.75, 3.05) is 5.73 Å². The number of azo groups is 1. The van der Waals surface area contributed by atoms with E-state index in [4.69, 9.17) is 17.3 Å². The summed E-state index contributed by atoms with van der Waals surface area (Å²) >= 11 is 7.33. The molecule has 0 aliphatic carbocycles. The van der Waals surface area contributed by atoms with Gasteiger partial charge in [0.1, 0.15) is 0 Å². The molecule has 0 unspecified atom stereocenters. The van der Waals surface area contributed by atoms with Crippen LogP contribution in [0.25, 0.3) is 20.9 Å². The van der Waals surface area contributed by atoms with Crippen LogP contribution in [0.4, 0.5) is 14.9 Å². The van der Waals surface area contributed by atoms with E-state index in [-0.39, 0.29) is 14.5 Å². The summed E-state index contributed by atoms with van der Waals surface area (Å²) in [6.45, 7) is 0. The number of nitrogen functional groups attached to an aromatic ring is 1. The quantitative estimate of drug-likeness (QED) is 0.373. The van der Waals surface area contributed by atoms with Crippen molar-refractivity contribution in [2.24, 2.45) is 10.2 Å². The number of fused-ring (bicyclic) bond motifs is 1. The van der Waals surface area contributed by atoms with Gasteiger partial charge in [-0.1, -0.05) is 0 Å². The Morgan fingerprint density at radius 2 is 1.79 bits per heavy atom. The topological polar surface area (TPSA) is 76.5 Å². The third-order valence-corrected chi connectivity index (χ3v) is 6.11. The number of hydrogen-bond donors (Lipinski definition) is 1. The van der Waals surface area contributed by atoms with Crippen molar-refractivity contribution in [1.82, 2.24) is 9.97 Å². The van der Waals surface area contributed by atoms with E-state index in [0.717, 1.165) is 31.2 Å². The Kier molecular flexibility index (Phi) is 4.16. The molecule has 118 valence electrons. The standard InChI is InChI=1S/C16H10ClN5SSe/c17-9-5-7-10(8-6-9)21-22-15-13(20-16(18)24-15)14-19-11-3-1-2-4-12(11)23-14/h1-8H,(H2,18,20). The fraction of sp³-hybridized carbons (Fsp3) is 0. The number of halogens is 1. The van der Waals surface area contributed by atoms with Gasteiger partial charge in [-0.3, -0.25) is 0 Å². The fourth-order valence-electron chi connectivity index (χ4n) is 2.12. The molecule has 0 atom stereocenters. The number of thiazole rings is 1. The van der Waals surface area contributed by atoms with Crippen LogP contribution in [0.3, 0.4) is 0 Å². The second kappa shape index (κ2) is 6.45. The van der Waals surface area contributed by atoms with E-state index < -0.39 is 0 Å². The summed E-state index contributed by atoms with van der Waals surface area (Å²) in [5, 5.41) is 10.1. The van der Waals surface area contributed by atoms with Gasteiger partial charge >= 0.3 is 153 Å². The van der Waals surface area contributed by atoms with E-state index in [9.17, 15) is 0 Å². The third kappa shape index (κ3) is 3.12. The summed E-state index contributed by atoms with van der Waals surface area (Å²) in [6.07, 6.45) is 0. The van der Waals surface area contributed by atoms with Crippen molar-refractivity contribution in [3.8, 4) is 10.7 Å². The number of nitrogens with zero attached hydrogens (tertiary/aromatic N) is 4.